The number of aromatic carboxylic acids is 1. The standard InChI is InChI=1S/C15H22N4O3/c1-10-2-4-11(5-3-10)19(12-6-7-12)14(20)9-18-8-13(15(21)22)16-17-18/h8,10-12H,2-7,9H2,1H3,(H,21,22). The maximum atomic E-state index is 12.6. The first-order chi connectivity index (χ1) is 10.5. The van der Waals surface area contributed by atoms with Crippen LogP contribution < -0.4 is 0 Å². The Hall–Kier alpha value is -1.92. The second-order valence-corrected chi connectivity index (χ2v) is 6.55. The summed E-state index contributed by atoms with van der Waals surface area (Å²) in [4.78, 5) is 25.5. The van der Waals surface area contributed by atoms with Crippen LogP contribution in [0.25, 0.3) is 0 Å². The van der Waals surface area contributed by atoms with Crippen molar-refractivity contribution in [1.29, 1.82) is 0 Å². The Labute approximate surface area is 129 Å². The molecule has 0 aliphatic heterocycles. The van der Waals surface area contributed by atoms with Crippen molar-refractivity contribution in [2.24, 2.45) is 5.92 Å². The molecule has 2 saturated carbocycles. The van der Waals surface area contributed by atoms with Crippen molar-refractivity contribution in [1.82, 2.24) is 19.9 Å². The van der Waals surface area contributed by atoms with Crippen molar-refractivity contribution in [2.75, 3.05) is 0 Å². The fourth-order valence-corrected chi connectivity index (χ4v) is 3.27. The quantitative estimate of drug-likeness (QED) is 0.891. The molecule has 0 spiro atoms. The normalized spacial score (nSPS) is 25.0. The number of nitrogens with zero attached hydrogens (tertiary/aromatic N) is 4. The molecule has 1 aromatic heterocycles. The average molecular weight is 306 g/mol. The molecule has 1 amide bonds. The van der Waals surface area contributed by atoms with Crippen LogP contribution in [0, 0.1) is 5.92 Å². The van der Waals surface area contributed by atoms with Gasteiger partial charge in [0.05, 0.1) is 6.20 Å². The molecule has 7 heteroatoms. The summed E-state index contributed by atoms with van der Waals surface area (Å²) < 4.78 is 1.33. The van der Waals surface area contributed by atoms with Crippen LogP contribution in [0.3, 0.4) is 0 Å². The van der Waals surface area contributed by atoms with Crippen molar-refractivity contribution in [2.45, 2.75) is 64.1 Å². The third kappa shape index (κ3) is 3.28. The first kappa shape index (κ1) is 15.0. The Balaban J connectivity index is 1.66. The molecule has 2 aliphatic carbocycles. The molecule has 2 aliphatic rings. The average Bonchev–Trinajstić information content (AvgIpc) is 3.19. The van der Waals surface area contributed by atoms with Gasteiger partial charge in [-0.2, -0.15) is 0 Å². The molecule has 22 heavy (non-hydrogen) atoms. The largest absolute Gasteiger partial charge is 0.476 e. The number of carboxylic acid groups (broad SMARTS) is 1. The van der Waals surface area contributed by atoms with Gasteiger partial charge in [-0.1, -0.05) is 12.1 Å². The molecule has 1 aromatic rings. The van der Waals surface area contributed by atoms with Gasteiger partial charge >= 0.3 is 5.97 Å². The van der Waals surface area contributed by atoms with Gasteiger partial charge in [0.1, 0.15) is 6.54 Å². The molecule has 1 heterocycles. The Bertz CT molecular complexity index is 559. The zero-order valence-corrected chi connectivity index (χ0v) is 12.8. The van der Waals surface area contributed by atoms with Crippen LogP contribution >= 0.6 is 0 Å². The van der Waals surface area contributed by atoms with Crippen LogP contribution in [0.15, 0.2) is 6.20 Å². The van der Waals surface area contributed by atoms with Crippen molar-refractivity contribution in [3.05, 3.63) is 11.9 Å². The first-order valence-electron chi connectivity index (χ1n) is 7.99. The number of carboxylic acids is 1. The molecule has 7 nitrogen and oxygen atoms in total. The molecule has 3 rings (SSSR count). The van der Waals surface area contributed by atoms with Crippen LogP contribution in [0.1, 0.15) is 55.9 Å². The van der Waals surface area contributed by atoms with E-state index < -0.39 is 5.97 Å². The van der Waals surface area contributed by atoms with Crippen molar-refractivity contribution < 1.29 is 14.7 Å². The van der Waals surface area contributed by atoms with Gasteiger partial charge in [-0.05, 0) is 44.4 Å². The minimum atomic E-state index is -1.13. The third-order valence-electron chi connectivity index (χ3n) is 4.66. The molecular formula is C15H22N4O3. The maximum absolute atomic E-state index is 12.6. The Kier molecular flexibility index (Phi) is 4.13. The maximum Gasteiger partial charge on any atom is 0.358 e. The number of hydrogen-bond acceptors (Lipinski definition) is 4. The molecule has 120 valence electrons. The van der Waals surface area contributed by atoms with Crippen LogP contribution in [0.5, 0.6) is 0 Å². The van der Waals surface area contributed by atoms with E-state index in [1.807, 2.05) is 4.90 Å². The summed E-state index contributed by atoms with van der Waals surface area (Å²) >= 11 is 0. The minimum absolute atomic E-state index is 0.0314. The van der Waals surface area contributed by atoms with Gasteiger partial charge in [0.2, 0.25) is 5.91 Å². The molecule has 0 aromatic carbocycles. The summed E-state index contributed by atoms with van der Waals surface area (Å²) in [7, 11) is 0. The van der Waals surface area contributed by atoms with E-state index in [1.54, 1.807) is 0 Å². The van der Waals surface area contributed by atoms with Crippen molar-refractivity contribution in [3.63, 3.8) is 0 Å². The summed E-state index contributed by atoms with van der Waals surface area (Å²) in [5.41, 5.74) is -0.128. The van der Waals surface area contributed by atoms with E-state index in [0.717, 1.165) is 31.6 Å². The van der Waals surface area contributed by atoms with Gasteiger partial charge in [-0.25, -0.2) is 9.48 Å². The van der Waals surface area contributed by atoms with Crippen LogP contribution in [0.4, 0.5) is 0 Å². The second-order valence-electron chi connectivity index (χ2n) is 6.55. The van der Waals surface area contributed by atoms with E-state index in [4.69, 9.17) is 5.11 Å². The lowest BCUT2D eigenvalue weighted by Crippen LogP contribution is -2.45. The van der Waals surface area contributed by atoms with Crippen LogP contribution in [-0.2, 0) is 11.3 Å². The highest BCUT2D eigenvalue weighted by molar-refractivity contribution is 5.84. The van der Waals surface area contributed by atoms with Gasteiger partial charge in [0.25, 0.3) is 0 Å². The molecule has 2 fully saturated rings. The van der Waals surface area contributed by atoms with E-state index >= 15 is 0 Å². The zero-order chi connectivity index (χ0) is 15.7. The predicted molar refractivity (Wildman–Crippen MR) is 78.3 cm³/mol. The van der Waals surface area contributed by atoms with E-state index in [-0.39, 0.29) is 18.1 Å². The summed E-state index contributed by atoms with van der Waals surface area (Å²) in [5.74, 6) is -0.344. The number of carbonyl (C=O) groups excluding carboxylic acids is 1. The molecule has 0 bridgehead atoms. The summed E-state index contributed by atoms with van der Waals surface area (Å²) in [6, 6.07) is 0.701. The monoisotopic (exact) mass is 306 g/mol. The van der Waals surface area contributed by atoms with Gasteiger partial charge in [-0.15, -0.1) is 5.10 Å². The van der Waals surface area contributed by atoms with E-state index in [2.05, 4.69) is 17.2 Å². The van der Waals surface area contributed by atoms with E-state index in [1.165, 1.54) is 23.7 Å². The zero-order valence-electron chi connectivity index (χ0n) is 12.8. The van der Waals surface area contributed by atoms with Crippen molar-refractivity contribution in [3.8, 4) is 0 Å². The molecule has 0 saturated heterocycles. The van der Waals surface area contributed by atoms with Crippen molar-refractivity contribution >= 4 is 11.9 Å². The number of carbonyl (C=O) groups is 2. The number of hydrogen-bond donors (Lipinski definition) is 1. The third-order valence-corrected chi connectivity index (χ3v) is 4.66. The van der Waals surface area contributed by atoms with Crippen LogP contribution in [-0.4, -0.2) is 49.0 Å². The number of aromatic nitrogens is 3. The lowest BCUT2D eigenvalue weighted by atomic mass is 9.86. The number of rotatable bonds is 5. The minimum Gasteiger partial charge on any atom is -0.476 e. The molecule has 1 N–H and O–H groups in total. The highest BCUT2D eigenvalue weighted by atomic mass is 16.4. The highest BCUT2D eigenvalue weighted by Gasteiger charge is 2.38. The van der Waals surface area contributed by atoms with Crippen LogP contribution in [0.2, 0.25) is 0 Å². The lowest BCUT2D eigenvalue weighted by molar-refractivity contribution is -0.136. The highest BCUT2D eigenvalue weighted by Crippen LogP contribution is 2.35. The Morgan fingerprint density at radius 2 is 1.82 bits per heavy atom. The second kappa shape index (κ2) is 6.06. The van der Waals surface area contributed by atoms with E-state index in [9.17, 15) is 9.59 Å². The molecule has 0 unspecified atom stereocenters. The summed E-state index contributed by atoms with van der Waals surface area (Å²) in [6.07, 6.45) is 7.96. The topological polar surface area (TPSA) is 88.3 Å². The fourth-order valence-electron chi connectivity index (χ4n) is 3.27. The Morgan fingerprint density at radius 3 is 2.32 bits per heavy atom. The summed E-state index contributed by atoms with van der Waals surface area (Å²) in [5, 5.41) is 16.1. The summed E-state index contributed by atoms with van der Waals surface area (Å²) in [6.45, 7) is 2.34. The number of amides is 1. The van der Waals surface area contributed by atoms with Gasteiger partial charge in [0.15, 0.2) is 5.69 Å². The Morgan fingerprint density at radius 1 is 1.23 bits per heavy atom. The van der Waals surface area contributed by atoms with E-state index in [0.29, 0.717) is 12.1 Å². The molecular weight excluding hydrogens is 284 g/mol. The lowest BCUT2D eigenvalue weighted by Gasteiger charge is -2.36. The van der Waals surface area contributed by atoms with Gasteiger partial charge in [0, 0.05) is 12.1 Å². The SMILES string of the molecule is CC1CCC(N(C(=O)Cn2cc(C(=O)O)nn2)C2CC2)CC1. The molecule has 0 atom stereocenters. The first-order valence-corrected chi connectivity index (χ1v) is 7.99. The van der Waals surface area contributed by atoms with Gasteiger partial charge < -0.3 is 10.0 Å². The molecule has 0 radical (unpaired) electrons. The van der Waals surface area contributed by atoms with Gasteiger partial charge in [-0.3, -0.25) is 4.79 Å². The fraction of sp³-hybridized carbons (Fsp3) is 0.733. The smallest absolute Gasteiger partial charge is 0.358 e. The predicted octanol–water partition coefficient (Wildman–Crippen LogP) is 1.55.